The molecule has 1 saturated heterocycles. The summed E-state index contributed by atoms with van der Waals surface area (Å²) in [6.45, 7) is 4.15. The highest BCUT2D eigenvalue weighted by molar-refractivity contribution is 5.87. The highest BCUT2D eigenvalue weighted by Gasteiger charge is 2.38. The molecular formula is C17H20N2O. The Balaban J connectivity index is 1.78. The smallest absolute Gasteiger partial charge is 0.139 e. The zero-order valence-electron chi connectivity index (χ0n) is 11.9. The Morgan fingerprint density at radius 3 is 3.05 bits per heavy atom. The van der Waals surface area contributed by atoms with E-state index in [-0.39, 0.29) is 12.0 Å². The number of piperidine rings is 1. The number of hydrogen-bond acceptors (Lipinski definition) is 2. The van der Waals surface area contributed by atoms with E-state index in [0.717, 1.165) is 25.9 Å². The Kier molecular flexibility index (Phi) is 2.71. The largest absolute Gasteiger partial charge is 0.357 e. The van der Waals surface area contributed by atoms with Crippen molar-refractivity contribution >= 4 is 16.7 Å². The molecule has 0 aliphatic carbocycles. The number of carbonyl (C=O) groups excluding carboxylic acids is 1. The monoisotopic (exact) mass is 268 g/mol. The second kappa shape index (κ2) is 4.45. The van der Waals surface area contributed by atoms with Crippen LogP contribution in [0.4, 0.5) is 0 Å². The van der Waals surface area contributed by atoms with E-state index in [2.05, 4.69) is 41.1 Å². The van der Waals surface area contributed by atoms with Crippen molar-refractivity contribution in [1.82, 2.24) is 9.88 Å². The summed E-state index contributed by atoms with van der Waals surface area (Å²) in [7, 11) is 0. The molecule has 1 fully saturated rings. The number of nitrogens with one attached hydrogen (secondary N) is 1. The first-order valence-corrected chi connectivity index (χ1v) is 7.64. The van der Waals surface area contributed by atoms with E-state index in [1.165, 1.54) is 22.2 Å². The van der Waals surface area contributed by atoms with Gasteiger partial charge >= 0.3 is 0 Å². The molecule has 0 bridgehead atoms. The molecule has 2 aliphatic heterocycles. The summed E-state index contributed by atoms with van der Waals surface area (Å²) in [5.41, 5.74) is 3.94. The second-order valence-corrected chi connectivity index (χ2v) is 6.10. The van der Waals surface area contributed by atoms with Crippen molar-refractivity contribution in [3.05, 3.63) is 35.5 Å². The molecule has 0 spiro atoms. The molecule has 3 heteroatoms. The minimum absolute atomic E-state index is 0.247. The zero-order valence-corrected chi connectivity index (χ0v) is 11.9. The molecule has 0 unspecified atom stereocenters. The molecule has 0 amide bonds. The molecule has 0 radical (unpaired) electrons. The SMILES string of the molecule is CC[C@@H]1CN2CCc3c([nH]c4ccccc34)[C@H]2CC1=O. The van der Waals surface area contributed by atoms with Crippen LogP contribution in [0.15, 0.2) is 24.3 Å². The average molecular weight is 268 g/mol. The van der Waals surface area contributed by atoms with Gasteiger partial charge in [-0.1, -0.05) is 25.1 Å². The third-order valence-corrected chi connectivity index (χ3v) is 5.07. The molecule has 2 aliphatic rings. The van der Waals surface area contributed by atoms with E-state index in [0.29, 0.717) is 12.2 Å². The first kappa shape index (κ1) is 12.2. The molecule has 1 aromatic carbocycles. The summed E-state index contributed by atoms with van der Waals surface area (Å²) in [5.74, 6) is 0.692. The highest BCUT2D eigenvalue weighted by Crippen LogP contribution is 2.39. The summed E-state index contributed by atoms with van der Waals surface area (Å²) < 4.78 is 0. The van der Waals surface area contributed by atoms with E-state index in [9.17, 15) is 4.79 Å². The first-order valence-electron chi connectivity index (χ1n) is 7.64. The van der Waals surface area contributed by atoms with Gasteiger partial charge in [0.05, 0.1) is 6.04 Å². The van der Waals surface area contributed by atoms with E-state index in [4.69, 9.17) is 0 Å². The van der Waals surface area contributed by atoms with Gasteiger partial charge in [-0.25, -0.2) is 0 Å². The number of fused-ring (bicyclic) bond motifs is 5. The van der Waals surface area contributed by atoms with Gasteiger partial charge in [0.2, 0.25) is 0 Å². The molecule has 2 atom stereocenters. The molecule has 3 nitrogen and oxygen atoms in total. The maximum Gasteiger partial charge on any atom is 0.139 e. The third-order valence-electron chi connectivity index (χ3n) is 5.07. The van der Waals surface area contributed by atoms with E-state index in [1.54, 1.807) is 0 Å². The third kappa shape index (κ3) is 1.66. The number of H-pyrrole nitrogens is 1. The van der Waals surface area contributed by atoms with Crippen LogP contribution in [0, 0.1) is 5.92 Å². The van der Waals surface area contributed by atoms with Gasteiger partial charge in [-0.3, -0.25) is 9.69 Å². The number of para-hydroxylation sites is 1. The van der Waals surface area contributed by atoms with Gasteiger partial charge in [0.1, 0.15) is 5.78 Å². The van der Waals surface area contributed by atoms with Gasteiger partial charge in [-0.15, -0.1) is 0 Å². The van der Waals surface area contributed by atoms with Crippen LogP contribution in [0.3, 0.4) is 0 Å². The number of benzene rings is 1. The fourth-order valence-corrected chi connectivity index (χ4v) is 3.92. The van der Waals surface area contributed by atoms with E-state index >= 15 is 0 Å². The second-order valence-electron chi connectivity index (χ2n) is 6.10. The number of ketones is 1. The van der Waals surface area contributed by atoms with Gasteiger partial charge in [-0.05, 0) is 24.5 Å². The Morgan fingerprint density at radius 2 is 2.20 bits per heavy atom. The molecule has 3 heterocycles. The minimum atomic E-state index is 0.247. The van der Waals surface area contributed by atoms with Gasteiger partial charge < -0.3 is 4.98 Å². The molecule has 2 aromatic rings. The predicted octanol–water partition coefficient (Wildman–Crippen LogP) is 3.07. The number of hydrogen-bond donors (Lipinski definition) is 1. The van der Waals surface area contributed by atoms with Crippen molar-refractivity contribution in [3.8, 4) is 0 Å². The number of Topliss-reactive ketones (excluding diaryl/α,β-unsaturated/α-hetero) is 1. The standard InChI is InChI=1S/C17H20N2O/c1-2-11-10-19-8-7-13-12-5-3-4-6-14(12)18-17(13)15(19)9-16(11)20/h3-6,11,15,18H,2,7-10H2,1H3/t11-,15-/m1/s1. The van der Waals surface area contributed by atoms with Gasteiger partial charge in [0, 0.05) is 42.0 Å². The normalized spacial score (nSPS) is 26.6. The van der Waals surface area contributed by atoms with Crippen LogP contribution >= 0.6 is 0 Å². The van der Waals surface area contributed by atoms with Crippen molar-refractivity contribution in [3.63, 3.8) is 0 Å². The van der Waals surface area contributed by atoms with Gasteiger partial charge in [0.25, 0.3) is 0 Å². The summed E-state index contributed by atoms with van der Waals surface area (Å²) in [6, 6.07) is 8.78. The topological polar surface area (TPSA) is 36.1 Å². The van der Waals surface area contributed by atoms with E-state index < -0.39 is 0 Å². The summed E-state index contributed by atoms with van der Waals surface area (Å²) in [6.07, 6.45) is 2.75. The molecule has 20 heavy (non-hydrogen) atoms. The van der Waals surface area contributed by atoms with Crippen LogP contribution < -0.4 is 0 Å². The van der Waals surface area contributed by atoms with Crippen molar-refractivity contribution in [1.29, 1.82) is 0 Å². The lowest BCUT2D eigenvalue weighted by Gasteiger charge is -2.41. The quantitative estimate of drug-likeness (QED) is 0.863. The van der Waals surface area contributed by atoms with Crippen molar-refractivity contribution < 1.29 is 4.79 Å². The minimum Gasteiger partial charge on any atom is -0.357 e. The van der Waals surface area contributed by atoms with Crippen LogP contribution in [0.2, 0.25) is 0 Å². The van der Waals surface area contributed by atoms with E-state index in [1.807, 2.05) is 0 Å². The van der Waals surface area contributed by atoms with Gasteiger partial charge in [0.15, 0.2) is 0 Å². The Labute approximate surface area is 119 Å². The molecule has 4 rings (SSSR count). The average Bonchev–Trinajstić information content (AvgIpc) is 2.85. The molecule has 0 saturated carbocycles. The Bertz CT molecular complexity index is 673. The van der Waals surface area contributed by atoms with Crippen LogP contribution in [0.5, 0.6) is 0 Å². The fraction of sp³-hybridized carbons (Fsp3) is 0.471. The molecular weight excluding hydrogens is 248 g/mol. The lowest BCUT2D eigenvalue weighted by Crippen LogP contribution is -2.46. The van der Waals surface area contributed by atoms with Crippen LogP contribution in [0.25, 0.3) is 10.9 Å². The number of rotatable bonds is 1. The van der Waals surface area contributed by atoms with Gasteiger partial charge in [-0.2, -0.15) is 0 Å². The fourth-order valence-electron chi connectivity index (χ4n) is 3.92. The summed E-state index contributed by atoms with van der Waals surface area (Å²) in [4.78, 5) is 18.3. The lowest BCUT2D eigenvalue weighted by molar-refractivity contribution is -0.128. The summed E-state index contributed by atoms with van der Waals surface area (Å²) >= 11 is 0. The Morgan fingerprint density at radius 1 is 1.35 bits per heavy atom. The lowest BCUT2D eigenvalue weighted by atomic mass is 9.84. The first-order chi connectivity index (χ1) is 9.78. The number of nitrogens with zero attached hydrogens (tertiary/aromatic N) is 1. The van der Waals surface area contributed by atoms with Crippen LogP contribution in [0.1, 0.15) is 37.1 Å². The predicted molar refractivity (Wildman–Crippen MR) is 79.7 cm³/mol. The van der Waals surface area contributed by atoms with Crippen molar-refractivity contribution in [2.24, 2.45) is 5.92 Å². The Hall–Kier alpha value is -1.61. The van der Waals surface area contributed by atoms with Crippen molar-refractivity contribution in [2.45, 2.75) is 32.2 Å². The molecule has 104 valence electrons. The van der Waals surface area contributed by atoms with Crippen LogP contribution in [-0.2, 0) is 11.2 Å². The van der Waals surface area contributed by atoms with Crippen molar-refractivity contribution in [2.75, 3.05) is 13.1 Å². The summed E-state index contributed by atoms with van der Waals surface area (Å²) in [5, 5.41) is 1.34. The number of aromatic nitrogens is 1. The molecule has 1 N–H and O–H groups in total. The zero-order chi connectivity index (χ0) is 13.7. The highest BCUT2D eigenvalue weighted by atomic mass is 16.1. The number of aromatic amines is 1. The van der Waals surface area contributed by atoms with Crippen LogP contribution in [-0.4, -0.2) is 28.8 Å². The molecule has 1 aromatic heterocycles. The maximum absolute atomic E-state index is 12.3. The number of carbonyl (C=O) groups is 1. The maximum atomic E-state index is 12.3.